The van der Waals surface area contributed by atoms with Gasteiger partial charge in [-0.25, -0.2) is 0 Å². The topological polar surface area (TPSA) is 9.23 Å². The van der Waals surface area contributed by atoms with Crippen molar-refractivity contribution in [2.24, 2.45) is 0 Å². The Morgan fingerprint density at radius 1 is 1.19 bits per heavy atom. The van der Waals surface area contributed by atoms with Crippen LogP contribution in [0.1, 0.15) is 62.8 Å². The molecule has 1 nitrogen and oxygen atoms in total. The highest BCUT2D eigenvalue weighted by Crippen LogP contribution is 2.44. The lowest BCUT2D eigenvalue weighted by molar-refractivity contribution is -0.0668. The first-order valence-corrected chi connectivity index (χ1v) is 10.1. The third kappa shape index (κ3) is 3.92. The molecule has 1 aliphatic carbocycles. The molecule has 2 aliphatic rings. The summed E-state index contributed by atoms with van der Waals surface area (Å²) in [6, 6.07) is 8.71. The fourth-order valence-electron chi connectivity index (χ4n) is 3.99. The Labute approximate surface area is 145 Å². The van der Waals surface area contributed by atoms with Gasteiger partial charge in [-0.1, -0.05) is 63.3 Å². The molecule has 1 aromatic rings. The molecule has 1 spiro atoms. The summed E-state index contributed by atoms with van der Waals surface area (Å²) in [4.78, 5) is 0. The minimum absolute atomic E-state index is 0.247. The van der Waals surface area contributed by atoms with Gasteiger partial charge >= 0.3 is 0 Å². The molecular formula is C18H24Br2O. The molecule has 116 valence electrons. The first-order valence-electron chi connectivity index (χ1n) is 8.20. The predicted molar refractivity (Wildman–Crippen MR) is 95.2 cm³/mol. The van der Waals surface area contributed by atoms with Crippen molar-refractivity contribution in [3.8, 4) is 0 Å². The summed E-state index contributed by atoms with van der Waals surface area (Å²) in [7, 11) is 0. The molecule has 21 heavy (non-hydrogen) atoms. The van der Waals surface area contributed by atoms with E-state index in [4.69, 9.17) is 4.74 Å². The van der Waals surface area contributed by atoms with E-state index in [1.165, 1.54) is 55.0 Å². The number of benzene rings is 1. The molecule has 2 unspecified atom stereocenters. The maximum atomic E-state index is 6.54. The smallest absolute Gasteiger partial charge is 0.0687 e. The summed E-state index contributed by atoms with van der Waals surface area (Å²) >= 11 is 7.28. The van der Waals surface area contributed by atoms with E-state index >= 15 is 0 Å². The Morgan fingerprint density at radius 2 is 2.00 bits per heavy atom. The second-order valence-electron chi connectivity index (χ2n) is 6.66. The Morgan fingerprint density at radius 3 is 2.71 bits per heavy atom. The molecule has 0 radical (unpaired) electrons. The van der Waals surface area contributed by atoms with Gasteiger partial charge in [-0.2, -0.15) is 0 Å². The second kappa shape index (κ2) is 7.14. The highest BCUT2D eigenvalue weighted by atomic mass is 79.9. The minimum atomic E-state index is 0.247. The second-order valence-corrected chi connectivity index (χ2v) is 8.23. The molecule has 1 heterocycles. The van der Waals surface area contributed by atoms with Crippen LogP contribution >= 0.6 is 31.9 Å². The number of ether oxygens (including phenoxy) is 1. The zero-order valence-corrected chi connectivity index (χ0v) is 15.7. The van der Waals surface area contributed by atoms with E-state index in [1.54, 1.807) is 0 Å². The molecule has 0 amide bonds. The van der Waals surface area contributed by atoms with Crippen molar-refractivity contribution in [3.63, 3.8) is 0 Å². The van der Waals surface area contributed by atoms with Crippen LogP contribution in [-0.2, 0) is 4.74 Å². The molecule has 1 aliphatic heterocycles. The molecule has 2 fully saturated rings. The Bertz CT molecular complexity index is 468. The Balaban J connectivity index is 1.63. The number of hydrogen-bond acceptors (Lipinski definition) is 1. The van der Waals surface area contributed by atoms with Gasteiger partial charge in [0, 0.05) is 9.80 Å². The van der Waals surface area contributed by atoms with Crippen molar-refractivity contribution in [1.29, 1.82) is 0 Å². The van der Waals surface area contributed by atoms with E-state index in [0.29, 0.717) is 12.0 Å². The summed E-state index contributed by atoms with van der Waals surface area (Å²) in [5, 5.41) is 1.01. The molecule has 2 atom stereocenters. The fraction of sp³-hybridized carbons (Fsp3) is 0.667. The van der Waals surface area contributed by atoms with Crippen molar-refractivity contribution < 1.29 is 4.74 Å². The molecule has 3 heteroatoms. The SMILES string of the molecule is BrCC(CC1CCC2(CCCCC2)O1)c1cccc(Br)c1. The van der Waals surface area contributed by atoms with Crippen molar-refractivity contribution in [2.75, 3.05) is 5.33 Å². The largest absolute Gasteiger partial charge is 0.372 e. The normalized spacial score (nSPS) is 26.1. The minimum Gasteiger partial charge on any atom is -0.372 e. The van der Waals surface area contributed by atoms with E-state index in [9.17, 15) is 0 Å². The molecule has 0 N–H and O–H groups in total. The summed E-state index contributed by atoms with van der Waals surface area (Å²) < 4.78 is 7.71. The first kappa shape index (κ1) is 16.0. The van der Waals surface area contributed by atoms with Crippen molar-refractivity contribution in [2.45, 2.75) is 69.0 Å². The van der Waals surface area contributed by atoms with E-state index in [2.05, 4.69) is 56.1 Å². The molecule has 1 saturated heterocycles. The predicted octanol–water partition coefficient (Wildman–Crippen LogP) is 6.20. The lowest BCUT2D eigenvalue weighted by Crippen LogP contribution is -2.32. The van der Waals surface area contributed by atoms with Crippen molar-refractivity contribution in [3.05, 3.63) is 34.3 Å². The number of alkyl halides is 1. The van der Waals surface area contributed by atoms with Crippen LogP contribution in [0.15, 0.2) is 28.7 Å². The Kier molecular flexibility index (Phi) is 5.45. The number of halogens is 2. The van der Waals surface area contributed by atoms with Gasteiger partial charge in [0.25, 0.3) is 0 Å². The van der Waals surface area contributed by atoms with E-state index in [0.717, 1.165) is 11.8 Å². The maximum absolute atomic E-state index is 6.54. The van der Waals surface area contributed by atoms with Crippen LogP contribution in [0.3, 0.4) is 0 Å². The first-order chi connectivity index (χ1) is 10.2. The monoisotopic (exact) mass is 414 g/mol. The summed E-state index contributed by atoms with van der Waals surface area (Å²) in [5.41, 5.74) is 1.66. The molecular weight excluding hydrogens is 392 g/mol. The van der Waals surface area contributed by atoms with Crippen LogP contribution in [0.4, 0.5) is 0 Å². The van der Waals surface area contributed by atoms with Gasteiger partial charge in [-0.3, -0.25) is 0 Å². The highest BCUT2D eigenvalue weighted by Gasteiger charge is 2.41. The van der Waals surface area contributed by atoms with Gasteiger partial charge in [-0.15, -0.1) is 0 Å². The summed E-state index contributed by atoms with van der Waals surface area (Å²) in [5.74, 6) is 0.547. The molecule has 0 bridgehead atoms. The lowest BCUT2D eigenvalue weighted by atomic mass is 9.83. The van der Waals surface area contributed by atoms with Crippen LogP contribution in [0.2, 0.25) is 0 Å². The van der Waals surface area contributed by atoms with Crippen LogP contribution in [0, 0.1) is 0 Å². The molecule has 0 aromatic heterocycles. The zero-order chi connectivity index (χ0) is 14.7. The quantitative estimate of drug-likeness (QED) is 0.532. The summed E-state index contributed by atoms with van der Waals surface area (Å²) in [6.45, 7) is 0. The summed E-state index contributed by atoms with van der Waals surface area (Å²) in [6.07, 6.45) is 10.8. The van der Waals surface area contributed by atoms with Crippen molar-refractivity contribution in [1.82, 2.24) is 0 Å². The van der Waals surface area contributed by atoms with E-state index < -0.39 is 0 Å². The van der Waals surface area contributed by atoms with Crippen LogP contribution in [-0.4, -0.2) is 17.0 Å². The standard InChI is InChI=1S/C18H24Br2O/c19-13-15(14-5-4-6-16(20)11-14)12-17-7-10-18(21-17)8-2-1-3-9-18/h4-6,11,15,17H,1-3,7-10,12-13H2. The average Bonchev–Trinajstić information content (AvgIpc) is 2.88. The fourth-order valence-corrected chi connectivity index (χ4v) is 5.05. The van der Waals surface area contributed by atoms with Crippen LogP contribution < -0.4 is 0 Å². The number of rotatable bonds is 4. The lowest BCUT2D eigenvalue weighted by Gasteiger charge is -2.33. The van der Waals surface area contributed by atoms with Gasteiger partial charge in [0.05, 0.1) is 11.7 Å². The van der Waals surface area contributed by atoms with E-state index in [1.807, 2.05) is 0 Å². The van der Waals surface area contributed by atoms with Gasteiger partial charge < -0.3 is 4.74 Å². The molecule has 1 saturated carbocycles. The third-order valence-corrected chi connectivity index (χ3v) is 6.43. The van der Waals surface area contributed by atoms with Gasteiger partial charge in [0.1, 0.15) is 0 Å². The molecule has 1 aromatic carbocycles. The van der Waals surface area contributed by atoms with Crippen molar-refractivity contribution >= 4 is 31.9 Å². The van der Waals surface area contributed by atoms with Gasteiger partial charge in [-0.05, 0) is 55.7 Å². The molecule has 3 rings (SSSR count). The third-order valence-electron chi connectivity index (χ3n) is 5.16. The average molecular weight is 416 g/mol. The highest BCUT2D eigenvalue weighted by molar-refractivity contribution is 9.10. The van der Waals surface area contributed by atoms with E-state index in [-0.39, 0.29) is 5.60 Å². The van der Waals surface area contributed by atoms with Crippen LogP contribution in [0.25, 0.3) is 0 Å². The Hall–Kier alpha value is 0.140. The zero-order valence-electron chi connectivity index (χ0n) is 12.5. The van der Waals surface area contributed by atoms with Crippen LogP contribution in [0.5, 0.6) is 0 Å². The maximum Gasteiger partial charge on any atom is 0.0687 e. The number of hydrogen-bond donors (Lipinski definition) is 0. The van der Waals surface area contributed by atoms with Gasteiger partial charge in [0.2, 0.25) is 0 Å². The van der Waals surface area contributed by atoms with Gasteiger partial charge in [0.15, 0.2) is 0 Å².